The lowest BCUT2D eigenvalue weighted by Crippen LogP contribution is -2.24. The van der Waals surface area contributed by atoms with E-state index in [1.165, 1.54) is 32.0 Å². The molecule has 6 nitrogen and oxygen atoms in total. The van der Waals surface area contributed by atoms with Crippen molar-refractivity contribution in [2.75, 3.05) is 21.3 Å². The minimum atomic E-state index is -1.25. The van der Waals surface area contributed by atoms with Gasteiger partial charge < -0.3 is 28.7 Å². The minimum absolute atomic E-state index is 0.0589. The fourth-order valence-corrected chi connectivity index (χ4v) is 2.14. The largest absolute Gasteiger partial charge is 0.543 e. The highest BCUT2D eigenvalue weighted by atomic mass is 16.5. The quantitative estimate of drug-likeness (QED) is 0.807. The van der Waals surface area contributed by atoms with Crippen molar-refractivity contribution in [1.29, 1.82) is 0 Å². The zero-order chi connectivity index (χ0) is 14.2. The minimum Gasteiger partial charge on any atom is -0.543 e. The van der Waals surface area contributed by atoms with Crippen molar-refractivity contribution < 1.29 is 24.1 Å². The van der Waals surface area contributed by atoms with Crippen LogP contribution in [0.2, 0.25) is 0 Å². The van der Waals surface area contributed by atoms with E-state index in [9.17, 15) is 9.90 Å². The number of ether oxygens (including phenoxy) is 3. The SMILES string of the molecule is COc1cc2c(cc(C(=O)[O-])n2C)c(OC)c1OC. The first-order valence-electron chi connectivity index (χ1n) is 5.54. The van der Waals surface area contributed by atoms with E-state index in [4.69, 9.17) is 14.2 Å². The summed E-state index contributed by atoms with van der Waals surface area (Å²) in [5.41, 5.74) is 0.720. The lowest BCUT2D eigenvalue weighted by molar-refractivity contribution is -0.255. The zero-order valence-corrected chi connectivity index (χ0v) is 11.1. The number of carboxylic acid groups (broad SMARTS) is 1. The lowest BCUT2D eigenvalue weighted by Gasteiger charge is -2.13. The van der Waals surface area contributed by atoms with Gasteiger partial charge in [0, 0.05) is 18.5 Å². The second-order valence-electron chi connectivity index (χ2n) is 3.95. The molecule has 0 saturated heterocycles. The Bertz CT molecular complexity index is 644. The van der Waals surface area contributed by atoms with Gasteiger partial charge in [-0.05, 0) is 6.07 Å². The topological polar surface area (TPSA) is 72.8 Å². The van der Waals surface area contributed by atoms with Crippen molar-refractivity contribution in [1.82, 2.24) is 4.57 Å². The van der Waals surface area contributed by atoms with Gasteiger partial charge in [-0.2, -0.15) is 0 Å². The van der Waals surface area contributed by atoms with Crippen LogP contribution in [0.3, 0.4) is 0 Å². The Morgan fingerprint density at radius 3 is 2.21 bits per heavy atom. The molecule has 0 aliphatic rings. The smallest absolute Gasteiger partial charge is 0.204 e. The number of rotatable bonds is 4. The summed E-state index contributed by atoms with van der Waals surface area (Å²) >= 11 is 0. The Balaban J connectivity index is 2.89. The van der Waals surface area contributed by atoms with E-state index >= 15 is 0 Å². The number of benzene rings is 1. The van der Waals surface area contributed by atoms with E-state index < -0.39 is 5.97 Å². The van der Waals surface area contributed by atoms with Crippen molar-refractivity contribution in [3.05, 3.63) is 17.8 Å². The van der Waals surface area contributed by atoms with Crippen LogP contribution in [0, 0.1) is 0 Å². The molecule has 2 aromatic rings. The van der Waals surface area contributed by atoms with Crippen LogP contribution in [0.1, 0.15) is 10.5 Å². The highest BCUT2D eigenvalue weighted by Gasteiger charge is 2.19. The first-order chi connectivity index (χ1) is 9.04. The molecule has 1 aromatic carbocycles. The first-order valence-corrected chi connectivity index (χ1v) is 5.54. The molecule has 0 aliphatic carbocycles. The number of carboxylic acids is 1. The van der Waals surface area contributed by atoms with Gasteiger partial charge >= 0.3 is 0 Å². The first kappa shape index (κ1) is 13.1. The van der Waals surface area contributed by atoms with E-state index in [0.29, 0.717) is 28.2 Å². The Kier molecular flexibility index (Phi) is 3.25. The maximum absolute atomic E-state index is 11.1. The fraction of sp³-hybridized carbons (Fsp3) is 0.308. The maximum Gasteiger partial charge on any atom is 0.204 e. The van der Waals surface area contributed by atoms with Crippen molar-refractivity contribution >= 4 is 16.9 Å². The van der Waals surface area contributed by atoms with Gasteiger partial charge in [0.05, 0.1) is 38.5 Å². The van der Waals surface area contributed by atoms with Crippen molar-refractivity contribution in [3.63, 3.8) is 0 Å². The molecule has 0 unspecified atom stereocenters. The van der Waals surface area contributed by atoms with Gasteiger partial charge in [-0.3, -0.25) is 0 Å². The number of aromatic carboxylic acids is 1. The number of carbonyl (C=O) groups is 1. The molecule has 19 heavy (non-hydrogen) atoms. The summed E-state index contributed by atoms with van der Waals surface area (Å²) in [4.78, 5) is 11.1. The van der Waals surface area contributed by atoms with Crippen LogP contribution >= 0.6 is 0 Å². The normalized spacial score (nSPS) is 10.5. The molecule has 102 valence electrons. The highest BCUT2D eigenvalue weighted by Crippen LogP contribution is 2.44. The van der Waals surface area contributed by atoms with Crippen LogP contribution in [-0.4, -0.2) is 31.9 Å². The van der Waals surface area contributed by atoms with E-state index in [1.807, 2.05) is 0 Å². The van der Waals surface area contributed by atoms with Crippen LogP contribution in [0.5, 0.6) is 17.2 Å². The number of aryl methyl sites for hydroxylation is 1. The second kappa shape index (κ2) is 4.72. The molecule has 6 heteroatoms. The summed E-state index contributed by atoms with van der Waals surface area (Å²) in [6.45, 7) is 0. The number of aromatic nitrogens is 1. The molecule has 1 aromatic heterocycles. The molecule has 0 spiro atoms. The van der Waals surface area contributed by atoms with Gasteiger partial charge in [0.1, 0.15) is 0 Å². The van der Waals surface area contributed by atoms with Crippen LogP contribution in [0.4, 0.5) is 0 Å². The Labute approximate surface area is 110 Å². The van der Waals surface area contributed by atoms with E-state index in [1.54, 1.807) is 13.1 Å². The molecule has 0 radical (unpaired) electrons. The summed E-state index contributed by atoms with van der Waals surface area (Å²) in [6, 6.07) is 3.19. The molecule has 0 aliphatic heterocycles. The number of fused-ring (bicyclic) bond motifs is 1. The Hall–Kier alpha value is -2.37. The summed E-state index contributed by atoms with van der Waals surface area (Å²) in [5.74, 6) is 0.0737. The molecule has 1 heterocycles. The van der Waals surface area contributed by atoms with E-state index in [2.05, 4.69) is 0 Å². The monoisotopic (exact) mass is 264 g/mol. The van der Waals surface area contributed by atoms with Crippen molar-refractivity contribution in [3.8, 4) is 17.2 Å². The van der Waals surface area contributed by atoms with E-state index in [0.717, 1.165) is 0 Å². The predicted molar refractivity (Wildman–Crippen MR) is 66.9 cm³/mol. The molecule has 0 N–H and O–H groups in total. The van der Waals surface area contributed by atoms with Gasteiger partial charge in [-0.15, -0.1) is 0 Å². The number of methoxy groups -OCH3 is 3. The molecule has 0 bridgehead atoms. The van der Waals surface area contributed by atoms with Crippen LogP contribution < -0.4 is 19.3 Å². The number of nitrogens with zero attached hydrogens (tertiary/aromatic N) is 1. The van der Waals surface area contributed by atoms with Gasteiger partial charge in [-0.1, -0.05) is 0 Å². The molecule has 0 fully saturated rings. The Morgan fingerprint density at radius 2 is 1.74 bits per heavy atom. The predicted octanol–water partition coefficient (Wildman–Crippen LogP) is 0.568. The third kappa shape index (κ3) is 1.85. The summed E-state index contributed by atoms with van der Waals surface area (Å²) in [6.07, 6.45) is 0. The third-order valence-electron chi connectivity index (χ3n) is 3.06. The molecule has 2 rings (SSSR count). The average molecular weight is 264 g/mol. The third-order valence-corrected chi connectivity index (χ3v) is 3.06. The maximum atomic E-state index is 11.1. The van der Waals surface area contributed by atoms with Crippen LogP contribution in [0.25, 0.3) is 10.9 Å². The van der Waals surface area contributed by atoms with Gasteiger partial charge in [0.2, 0.25) is 5.75 Å². The summed E-state index contributed by atoms with van der Waals surface area (Å²) in [7, 11) is 6.13. The van der Waals surface area contributed by atoms with Gasteiger partial charge in [0.15, 0.2) is 11.5 Å². The molecule has 0 atom stereocenters. The lowest BCUT2D eigenvalue weighted by atomic mass is 10.2. The number of hydrogen-bond acceptors (Lipinski definition) is 5. The Morgan fingerprint density at radius 1 is 1.11 bits per heavy atom. The van der Waals surface area contributed by atoms with Gasteiger partial charge in [0.25, 0.3) is 0 Å². The van der Waals surface area contributed by atoms with Crippen molar-refractivity contribution in [2.45, 2.75) is 0 Å². The number of carbonyl (C=O) groups excluding carboxylic acids is 1. The molecular formula is C13H14NO5-. The average Bonchev–Trinajstić information content (AvgIpc) is 2.73. The van der Waals surface area contributed by atoms with E-state index in [-0.39, 0.29) is 5.69 Å². The summed E-state index contributed by atoms with van der Waals surface area (Å²) in [5, 5.41) is 11.7. The fourth-order valence-electron chi connectivity index (χ4n) is 2.14. The number of hydrogen-bond donors (Lipinski definition) is 0. The van der Waals surface area contributed by atoms with Crippen molar-refractivity contribution in [2.24, 2.45) is 7.05 Å². The molecular weight excluding hydrogens is 250 g/mol. The highest BCUT2D eigenvalue weighted by molar-refractivity contribution is 5.98. The standard InChI is InChI=1S/C13H15NO5/c1-14-8-6-10(17-2)12(19-4)11(18-3)7(8)5-9(14)13(15)16/h5-6H,1-4H3,(H,15,16)/p-1. The second-order valence-corrected chi connectivity index (χ2v) is 3.95. The molecule has 0 saturated carbocycles. The van der Waals surface area contributed by atoms with Crippen LogP contribution in [0.15, 0.2) is 12.1 Å². The molecule has 0 amide bonds. The van der Waals surface area contributed by atoms with Crippen LogP contribution in [-0.2, 0) is 7.05 Å². The zero-order valence-electron chi connectivity index (χ0n) is 11.1. The van der Waals surface area contributed by atoms with Gasteiger partial charge in [-0.25, -0.2) is 0 Å². The summed E-state index contributed by atoms with van der Waals surface area (Å²) < 4.78 is 17.3.